The lowest BCUT2D eigenvalue weighted by molar-refractivity contribution is -0.148. The number of hydrogen-bond acceptors (Lipinski definition) is 6. The van der Waals surface area contributed by atoms with Crippen LogP contribution < -0.4 is 18.5 Å². The molecule has 0 fully saturated rings. The van der Waals surface area contributed by atoms with Crippen molar-refractivity contribution >= 4 is 21.7 Å². The summed E-state index contributed by atoms with van der Waals surface area (Å²) in [6, 6.07) is 13.4. The van der Waals surface area contributed by atoms with Gasteiger partial charge in [0.25, 0.3) is 10.0 Å². The van der Waals surface area contributed by atoms with Crippen LogP contribution in [0.15, 0.2) is 65.6 Å². The van der Waals surface area contributed by atoms with Gasteiger partial charge in [-0.05, 0) is 55.8 Å². The molecule has 3 aromatic carbocycles. The number of sulfonamides is 1. The third kappa shape index (κ3) is 5.53. The summed E-state index contributed by atoms with van der Waals surface area (Å²) in [5, 5.41) is 9.62. The predicted octanol–water partition coefficient (Wildman–Crippen LogP) is 5.85. The Morgan fingerprint density at radius 1 is 1.05 bits per heavy atom. The van der Waals surface area contributed by atoms with Crippen LogP contribution in [0.25, 0.3) is 11.1 Å². The Hall–Kier alpha value is -3.93. The van der Waals surface area contributed by atoms with E-state index < -0.39 is 44.1 Å². The van der Waals surface area contributed by atoms with Gasteiger partial charge in [-0.25, -0.2) is 8.42 Å². The zero-order chi connectivity index (χ0) is 29.5. The highest BCUT2D eigenvalue weighted by molar-refractivity contribution is 7.92. The summed E-state index contributed by atoms with van der Waals surface area (Å²) in [4.78, 5) is 11.2. The van der Waals surface area contributed by atoms with E-state index in [1.54, 1.807) is 24.3 Å². The minimum atomic E-state index is -4.75. The number of fused-ring (bicyclic) bond motifs is 1. The van der Waals surface area contributed by atoms with Gasteiger partial charge in [-0.1, -0.05) is 24.3 Å². The predicted molar refractivity (Wildman–Crippen MR) is 141 cm³/mol. The number of carboxylic acids is 1. The Labute approximate surface area is 230 Å². The van der Waals surface area contributed by atoms with E-state index in [9.17, 15) is 31.5 Å². The molecule has 0 saturated heterocycles. The summed E-state index contributed by atoms with van der Waals surface area (Å²) in [5.74, 6) is -0.123. The maximum atomic E-state index is 13.9. The molecular formula is C28H28F3NO7S. The van der Waals surface area contributed by atoms with Gasteiger partial charge in [0.2, 0.25) is 0 Å². The van der Waals surface area contributed by atoms with Gasteiger partial charge < -0.3 is 19.3 Å². The molecule has 0 aromatic heterocycles. The summed E-state index contributed by atoms with van der Waals surface area (Å²) >= 11 is 0. The molecule has 40 heavy (non-hydrogen) atoms. The number of anilines is 1. The van der Waals surface area contributed by atoms with Gasteiger partial charge in [0, 0.05) is 12.0 Å². The van der Waals surface area contributed by atoms with Gasteiger partial charge in [-0.3, -0.25) is 9.10 Å². The SMILES string of the molecule is COc1cccc(-c2ccc3c(c2)N(S(=O)(=O)c2cccc(C(F)(F)F)c2)C[C@H](CC(C)(C)C(=O)O)O3)c1OC. The second-order valence-corrected chi connectivity index (χ2v) is 11.8. The largest absolute Gasteiger partial charge is 0.493 e. The summed E-state index contributed by atoms with van der Waals surface area (Å²) in [6.45, 7) is 2.65. The van der Waals surface area contributed by atoms with Crippen LogP contribution in [0.4, 0.5) is 18.9 Å². The molecule has 0 unspecified atom stereocenters. The lowest BCUT2D eigenvalue weighted by Gasteiger charge is -2.38. The van der Waals surface area contributed by atoms with E-state index in [0.717, 1.165) is 22.5 Å². The summed E-state index contributed by atoms with van der Waals surface area (Å²) in [5.41, 5.74) is -1.17. The Bertz CT molecular complexity index is 1540. The fourth-order valence-corrected chi connectivity index (χ4v) is 6.09. The highest BCUT2D eigenvalue weighted by atomic mass is 32.2. The van der Waals surface area contributed by atoms with Crippen molar-refractivity contribution in [2.75, 3.05) is 25.1 Å². The lowest BCUT2D eigenvalue weighted by atomic mass is 9.86. The molecule has 1 atom stereocenters. The van der Waals surface area contributed by atoms with Crippen LogP contribution in [-0.4, -0.2) is 46.4 Å². The highest BCUT2D eigenvalue weighted by Crippen LogP contribution is 2.45. The first-order valence-corrected chi connectivity index (χ1v) is 13.6. The van der Waals surface area contributed by atoms with Crippen LogP contribution in [0.2, 0.25) is 0 Å². The van der Waals surface area contributed by atoms with Crippen LogP contribution in [0.3, 0.4) is 0 Å². The van der Waals surface area contributed by atoms with E-state index in [2.05, 4.69) is 0 Å². The maximum absolute atomic E-state index is 13.9. The number of methoxy groups -OCH3 is 2. The molecule has 1 heterocycles. The number of carboxylic acid groups (broad SMARTS) is 1. The third-order valence-corrected chi connectivity index (χ3v) is 8.45. The fourth-order valence-electron chi connectivity index (χ4n) is 4.54. The summed E-state index contributed by atoms with van der Waals surface area (Å²) in [6.07, 6.45) is -5.70. The number of hydrogen-bond donors (Lipinski definition) is 1. The van der Waals surface area contributed by atoms with Gasteiger partial charge in [0.1, 0.15) is 11.9 Å². The Balaban J connectivity index is 1.87. The molecule has 0 saturated carbocycles. The Morgan fingerprint density at radius 2 is 1.75 bits per heavy atom. The topological polar surface area (TPSA) is 102 Å². The minimum Gasteiger partial charge on any atom is -0.493 e. The van der Waals surface area contributed by atoms with Crippen molar-refractivity contribution in [3.63, 3.8) is 0 Å². The molecule has 0 radical (unpaired) electrons. The molecule has 4 rings (SSSR count). The Kier molecular flexibility index (Phi) is 7.68. The third-order valence-electron chi connectivity index (χ3n) is 6.67. The second kappa shape index (κ2) is 10.6. The van der Waals surface area contributed by atoms with Gasteiger partial charge >= 0.3 is 12.1 Å². The maximum Gasteiger partial charge on any atom is 0.416 e. The molecule has 12 heteroatoms. The van der Waals surface area contributed by atoms with Crippen molar-refractivity contribution in [1.29, 1.82) is 0 Å². The van der Waals surface area contributed by atoms with E-state index in [-0.39, 0.29) is 24.4 Å². The molecule has 3 aromatic rings. The molecule has 0 aliphatic carbocycles. The number of alkyl halides is 3. The van der Waals surface area contributed by atoms with Crippen molar-refractivity contribution in [3.8, 4) is 28.4 Å². The summed E-state index contributed by atoms with van der Waals surface area (Å²) in [7, 11) is -1.61. The van der Waals surface area contributed by atoms with Gasteiger partial charge in [0.15, 0.2) is 11.5 Å². The van der Waals surface area contributed by atoms with E-state index in [1.165, 1.54) is 40.2 Å². The van der Waals surface area contributed by atoms with Gasteiger partial charge in [-0.2, -0.15) is 13.2 Å². The number of ether oxygens (including phenoxy) is 3. The molecule has 0 bridgehead atoms. The van der Waals surface area contributed by atoms with E-state index >= 15 is 0 Å². The van der Waals surface area contributed by atoms with Crippen molar-refractivity contribution in [2.24, 2.45) is 5.41 Å². The molecule has 0 amide bonds. The van der Waals surface area contributed by atoms with E-state index in [1.807, 2.05) is 0 Å². The number of para-hydroxylation sites is 1. The zero-order valence-corrected chi connectivity index (χ0v) is 23.0. The molecule has 214 valence electrons. The van der Waals surface area contributed by atoms with Crippen molar-refractivity contribution in [1.82, 2.24) is 0 Å². The van der Waals surface area contributed by atoms with E-state index in [4.69, 9.17) is 14.2 Å². The molecule has 1 aliphatic rings. The standard InChI is InChI=1S/C28H28F3NO7S/c1-27(2,26(33)34)15-19-16-32(40(35,36)20-8-5-7-18(14-20)28(29,30)31)22-13-17(11-12-23(22)39-19)21-9-6-10-24(37-3)25(21)38-4/h5-14,19H,15-16H2,1-4H3,(H,33,34)/t19-/m0/s1. The fraction of sp³-hybridized carbons (Fsp3) is 0.321. The Morgan fingerprint density at radius 3 is 2.38 bits per heavy atom. The monoisotopic (exact) mass is 579 g/mol. The van der Waals surface area contributed by atoms with Crippen LogP contribution in [-0.2, 0) is 21.0 Å². The van der Waals surface area contributed by atoms with Gasteiger partial charge in [0.05, 0.1) is 42.3 Å². The first-order chi connectivity index (χ1) is 18.7. The van der Waals surface area contributed by atoms with Crippen LogP contribution in [0, 0.1) is 5.41 Å². The molecule has 8 nitrogen and oxygen atoms in total. The summed E-state index contributed by atoms with van der Waals surface area (Å²) < 4.78 is 86.0. The minimum absolute atomic E-state index is 0.0537. The number of benzene rings is 3. The quantitative estimate of drug-likeness (QED) is 0.357. The zero-order valence-electron chi connectivity index (χ0n) is 22.2. The number of rotatable bonds is 8. The second-order valence-electron chi connectivity index (χ2n) is 9.92. The van der Waals surface area contributed by atoms with Crippen LogP contribution in [0.5, 0.6) is 17.2 Å². The number of carbonyl (C=O) groups is 1. The number of aliphatic carboxylic acids is 1. The molecule has 0 spiro atoms. The molecule has 1 N–H and O–H groups in total. The first kappa shape index (κ1) is 29.1. The number of nitrogens with zero attached hydrogens (tertiary/aromatic N) is 1. The average molecular weight is 580 g/mol. The van der Waals surface area contributed by atoms with E-state index in [0.29, 0.717) is 28.7 Å². The van der Waals surface area contributed by atoms with Crippen molar-refractivity contribution < 1.29 is 45.7 Å². The van der Waals surface area contributed by atoms with Crippen molar-refractivity contribution in [2.45, 2.75) is 37.4 Å². The van der Waals surface area contributed by atoms with Crippen molar-refractivity contribution in [3.05, 3.63) is 66.2 Å². The normalized spacial score (nSPS) is 15.7. The van der Waals surface area contributed by atoms with Crippen LogP contribution in [0.1, 0.15) is 25.8 Å². The lowest BCUT2D eigenvalue weighted by Crippen LogP contribution is -2.46. The van der Waals surface area contributed by atoms with Crippen LogP contribution >= 0.6 is 0 Å². The molecular weight excluding hydrogens is 551 g/mol. The van der Waals surface area contributed by atoms with Gasteiger partial charge in [-0.15, -0.1) is 0 Å². The highest BCUT2D eigenvalue weighted by Gasteiger charge is 2.40. The molecule has 1 aliphatic heterocycles. The smallest absolute Gasteiger partial charge is 0.416 e. The number of halogens is 3. The average Bonchev–Trinajstić information content (AvgIpc) is 2.91. The first-order valence-electron chi connectivity index (χ1n) is 12.1.